The van der Waals surface area contributed by atoms with E-state index >= 15 is 0 Å². The number of allylic oxidation sites excluding steroid dienone is 2. The smallest absolute Gasteiger partial charge is 0.196 e. The zero-order valence-corrected chi connectivity index (χ0v) is 16.5. The Balaban J connectivity index is 1.36. The molecule has 0 aromatic heterocycles. The average molecular weight is 370 g/mol. The Morgan fingerprint density at radius 1 is 1.07 bits per heavy atom. The summed E-state index contributed by atoms with van der Waals surface area (Å²) in [6, 6.07) is 10.7. The van der Waals surface area contributed by atoms with Crippen LogP contribution in [0.1, 0.15) is 75.3 Å². The van der Waals surface area contributed by atoms with Gasteiger partial charge in [-0.25, -0.2) is 0 Å². The van der Waals surface area contributed by atoms with E-state index in [2.05, 4.69) is 31.2 Å². The maximum atomic E-state index is 13.1. The van der Waals surface area contributed by atoms with Gasteiger partial charge in [-0.05, 0) is 92.7 Å². The number of benzene rings is 1. The predicted molar refractivity (Wildman–Crippen MR) is 107 cm³/mol. The molecule has 3 heteroatoms. The quantitative estimate of drug-likeness (QED) is 0.538. The number of ether oxygens (including phenoxy) is 1. The summed E-state index contributed by atoms with van der Waals surface area (Å²) in [5.74, 6) is 0.887. The first-order valence-corrected chi connectivity index (χ1v) is 10.7. The fourth-order valence-electron chi connectivity index (χ4n) is 4.63. The predicted octanol–water partition coefficient (Wildman–Crippen LogP) is 6.48. The second kappa shape index (κ2) is 10.0. The number of aryl methyl sites for hydroxylation is 1. The van der Waals surface area contributed by atoms with Gasteiger partial charge in [0.15, 0.2) is 5.83 Å². The van der Waals surface area contributed by atoms with Crippen LogP contribution in [0.25, 0.3) is 0 Å². The Labute approximate surface area is 163 Å². The normalized spacial score (nSPS) is 29.3. The highest BCUT2D eigenvalue weighted by molar-refractivity contribution is 5.25. The second-order valence-electron chi connectivity index (χ2n) is 8.31. The molecule has 27 heavy (non-hydrogen) atoms. The van der Waals surface area contributed by atoms with Gasteiger partial charge in [-0.2, -0.15) is 9.65 Å². The van der Waals surface area contributed by atoms with Gasteiger partial charge in [0.2, 0.25) is 0 Å². The Hall–Kier alpha value is -1.66. The molecular formula is C24H32FNO. The molecule has 0 saturated heterocycles. The van der Waals surface area contributed by atoms with Crippen molar-refractivity contribution in [2.45, 2.75) is 76.7 Å². The zero-order valence-electron chi connectivity index (χ0n) is 16.5. The van der Waals surface area contributed by atoms with Gasteiger partial charge in [0.05, 0.1) is 6.10 Å². The minimum absolute atomic E-state index is 0.232. The molecule has 0 unspecified atom stereocenters. The van der Waals surface area contributed by atoms with Crippen LogP contribution in [0, 0.1) is 23.2 Å². The van der Waals surface area contributed by atoms with Gasteiger partial charge in [0.1, 0.15) is 6.07 Å². The number of halogens is 1. The maximum Gasteiger partial charge on any atom is 0.196 e. The molecule has 0 N–H and O–H groups in total. The van der Waals surface area contributed by atoms with E-state index in [1.165, 1.54) is 30.0 Å². The van der Waals surface area contributed by atoms with Crippen LogP contribution < -0.4 is 0 Å². The lowest BCUT2D eigenvalue weighted by atomic mass is 9.81. The van der Waals surface area contributed by atoms with Gasteiger partial charge >= 0.3 is 0 Å². The Kier molecular flexibility index (Phi) is 7.47. The van der Waals surface area contributed by atoms with Crippen LogP contribution in [0.15, 0.2) is 36.2 Å². The van der Waals surface area contributed by atoms with Crippen molar-refractivity contribution in [2.75, 3.05) is 6.61 Å². The third-order valence-electron chi connectivity index (χ3n) is 6.48. The van der Waals surface area contributed by atoms with Crippen molar-refractivity contribution >= 4 is 0 Å². The molecule has 0 amide bonds. The lowest BCUT2D eigenvalue weighted by Crippen LogP contribution is -2.25. The van der Waals surface area contributed by atoms with Crippen molar-refractivity contribution in [1.82, 2.24) is 0 Å². The van der Waals surface area contributed by atoms with Crippen molar-refractivity contribution < 1.29 is 9.13 Å². The zero-order chi connectivity index (χ0) is 19.1. The first kappa shape index (κ1) is 20.1. The van der Waals surface area contributed by atoms with Gasteiger partial charge in [-0.1, -0.05) is 31.2 Å². The van der Waals surface area contributed by atoms with E-state index in [9.17, 15) is 4.39 Å². The molecule has 0 aliphatic heterocycles. The van der Waals surface area contributed by atoms with Gasteiger partial charge in [0, 0.05) is 6.61 Å². The molecule has 1 aromatic carbocycles. The third kappa shape index (κ3) is 5.91. The standard InChI is InChI=1S/C24H32FNO/c1-2-18-7-9-21(10-8-18)22-11-13-24(14-12-22)27-17-20-5-3-19(4-6-20)15-23(25)16-26/h7-10,15,19-20,22,24H,2-6,11-14,17H2,1H3/b23-15+. The van der Waals surface area contributed by atoms with Crippen molar-refractivity contribution in [3.63, 3.8) is 0 Å². The molecule has 0 heterocycles. The highest BCUT2D eigenvalue weighted by Gasteiger charge is 2.25. The van der Waals surface area contributed by atoms with E-state index in [4.69, 9.17) is 10.00 Å². The molecule has 2 nitrogen and oxygen atoms in total. The van der Waals surface area contributed by atoms with Crippen LogP contribution in [0.5, 0.6) is 0 Å². The minimum atomic E-state index is -0.629. The van der Waals surface area contributed by atoms with Crippen LogP contribution in [0.4, 0.5) is 4.39 Å². The summed E-state index contributed by atoms with van der Waals surface area (Å²) in [6.07, 6.45) is 11.9. The molecule has 0 spiro atoms. The Morgan fingerprint density at radius 3 is 2.33 bits per heavy atom. The second-order valence-corrected chi connectivity index (χ2v) is 8.31. The van der Waals surface area contributed by atoms with E-state index in [0.29, 0.717) is 17.9 Å². The lowest BCUT2D eigenvalue weighted by Gasteiger charge is -2.32. The first-order chi connectivity index (χ1) is 13.2. The van der Waals surface area contributed by atoms with Gasteiger partial charge in [0.25, 0.3) is 0 Å². The largest absolute Gasteiger partial charge is 0.378 e. The molecule has 2 saturated carbocycles. The lowest BCUT2D eigenvalue weighted by molar-refractivity contribution is -0.00340. The van der Waals surface area contributed by atoms with Crippen molar-refractivity contribution in [1.29, 1.82) is 5.26 Å². The molecule has 146 valence electrons. The molecule has 3 rings (SSSR count). The molecule has 2 aliphatic carbocycles. The maximum absolute atomic E-state index is 13.1. The van der Waals surface area contributed by atoms with Crippen molar-refractivity contribution in [2.24, 2.45) is 11.8 Å². The summed E-state index contributed by atoms with van der Waals surface area (Å²) in [7, 11) is 0. The molecule has 0 atom stereocenters. The van der Waals surface area contributed by atoms with Crippen LogP contribution >= 0.6 is 0 Å². The molecule has 0 radical (unpaired) electrons. The number of hydrogen-bond donors (Lipinski definition) is 0. The van der Waals surface area contributed by atoms with E-state index < -0.39 is 5.83 Å². The van der Waals surface area contributed by atoms with Crippen molar-refractivity contribution in [3.8, 4) is 6.07 Å². The van der Waals surface area contributed by atoms with Gasteiger partial charge in [-0.15, -0.1) is 0 Å². The topological polar surface area (TPSA) is 33.0 Å². The Morgan fingerprint density at radius 2 is 1.74 bits per heavy atom. The summed E-state index contributed by atoms with van der Waals surface area (Å²) in [6.45, 7) is 3.04. The minimum Gasteiger partial charge on any atom is -0.378 e. The highest BCUT2D eigenvalue weighted by Crippen LogP contribution is 2.35. The summed E-state index contributed by atoms with van der Waals surface area (Å²) >= 11 is 0. The van der Waals surface area contributed by atoms with E-state index in [-0.39, 0.29) is 5.92 Å². The van der Waals surface area contributed by atoms with Crippen LogP contribution in [0.3, 0.4) is 0 Å². The summed E-state index contributed by atoms with van der Waals surface area (Å²) < 4.78 is 19.3. The molecule has 0 bridgehead atoms. The number of nitrogens with zero attached hydrogens (tertiary/aromatic N) is 1. The van der Waals surface area contributed by atoms with Gasteiger partial charge < -0.3 is 4.74 Å². The van der Waals surface area contributed by atoms with E-state index in [0.717, 1.165) is 51.6 Å². The number of rotatable bonds is 6. The van der Waals surface area contributed by atoms with Gasteiger partial charge in [-0.3, -0.25) is 0 Å². The fourth-order valence-corrected chi connectivity index (χ4v) is 4.63. The van der Waals surface area contributed by atoms with Crippen LogP contribution in [0.2, 0.25) is 0 Å². The van der Waals surface area contributed by atoms with E-state index in [1.54, 1.807) is 6.07 Å². The number of nitriles is 1. The highest BCUT2D eigenvalue weighted by atomic mass is 19.1. The summed E-state index contributed by atoms with van der Waals surface area (Å²) in [4.78, 5) is 0. The molecule has 1 aromatic rings. The molecule has 2 aliphatic rings. The summed E-state index contributed by atoms with van der Waals surface area (Å²) in [5.41, 5.74) is 2.90. The summed E-state index contributed by atoms with van der Waals surface area (Å²) in [5, 5.41) is 8.55. The third-order valence-corrected chi connectivity index (χ3v) is 6.48. The fraction of sp³-hybridized carbons (Fsp3) is 0.625. The van der Waals surface area contributed by atoms with Crippen LogP contribution in [-0.2, 0) is 11.2 Å². The Bertz CT molecular complexity index is 644. The molecule has 2 fully saturated rings. The average Bonchev–Trinajstić information content (AvgIpc) is 2.73. The van der Waals surface area contributed by atoms with E-state index in [1.807, 2.05) is 0 Å². The first-order valence-electron chi connectivity index (χ1n) is 10.7. The SMILES string of the molecule is CCc1ccc(C2CCC(OCC3CCC(/C=C(/F)C#N)CC3)CC2)cc1. The van der Waals surface area contributed by atoms with Crippen LogP contribution in [-0.4, -0.2) is 12.7 Å². The number of hydrogen-bond acceptors (Lipinski definition) is 2. The monoisotopic (exact) mass is 369 g/mol. The van der Waals surface area contributed by atoms with Crippen molar-refractivity contribution in [3.05, 3.63) is 47.3 Å². The molecular weight excluding hydrogens is 337 g/mol.